The van der Waals surface area contributed by atoms with Crippen LogP contribution in [-0.4, -0.2) is 25.1 Å². The van der Waals surface area contributed by atoms with E-state index in [9.17, 15) is 0 Å². The van der Waals surface area contributed by atoms with Crippen LogP contribution in [0, 0.1) is 5.92 Å². The number of pyridine rings is 1. The fraction of sp³-hybridized carbons (Fsp3) is 0.615. The summed E-state index contributed by atoms with van der Waals surface area (Å²) in [6.45, 7) is 6.70. The lowest BCUT2D eigenvalue weighted by molar-refractivity contribution is 0.511. The SMILES string of the molecule is CCC(Nc1cnccc1N(C)C)C(C)C. The maximum absolute atomic E-state index is 4.19. The average molecular weight is 221 g/mol. The van der Waals surface area contributed by atoms with E-state index in [2.05, 4.69) is 50.1 Å². The van der Waals surface area contributed by atoms with E-state index in [1.807, 2.05) is 18.5 Å². The van der Waals surface area contributed by atoms with Gasteiger partial charge in [-0.1, -0.05) is 20.8 Å². The van der Waals surface area contributed by atoms with Crippen molar-refractivity contribution in [2.75, 3.05) is 24.3 Å². The van der Waals surface area contributed by atoms with Crippen LogP contribution >= 0.6 is 0 Å². The molecule has 1 N–H and O–H groups in total. The van der Waals surface area contributed by atoms with Crippen LogP contribution in [0.3, 0.4) is 0 Å². The Morgan fingerprint density at radius 2 is 2.06 bits per heavy atom. The highest BCUT2D eigenvalue weighted by Crippen LogP contribution is 2.24. The van der Waals surface area contributed by atoms with Crippen molar-refractivity contribution in [3.8, 4) is 0 Å². The van der Waals surface area contributed by atoms with Crippen LogP contribution in [0.25, 0.3) is 0 Å². The maximum Gasteiger partial charge on any atom is 0.0766 e. The normalized spacial score (nSPS) is 12.6. The van der Waals surface area contributed by atoms with E-state index < -0.39 is 0 Å². The van der Waals surface area contributed by atoms with Gasteiger partial charge < -0.3 is 10.2 Å². The average Bonchev–Trinajstić information content (AvgIpc) is 2.25. The van der Waals surface area contributed by atoms with Crippen molar-refractivity contribution in [1.29, 1.82) is 0 Å². The Balaban J connectivity index is 2.87. The summed E-state index contributed by atoms with van der Waals surface area (Å²) in [5.74, 6) is 0.625. The fourth-order valence-corrected chi connectivity index (χ4v) is 1.83. The second kappa shape index (κ2) is 5.73. The second-order valence-electron chi connectivity index (χ2n) is 4.69. The number of rotatable bonds is 5. The molecule has 1 aromatic heterocycles. The van der Waals surface area contributed by atoms with Crippen LogP contribution in [0.15, 0.2) is 18.5 Å². The summed E-state index contributed by atoms with van der Waals surface area (Å²) in [7, 11) is 4.10. The van der Waals surface area contributed by atoms with Crippen molar-refractivity contribution in [3.63, 3.8) is 0 Å². The first-order chi connectivity index (χ1) is 7.56. The molecule has 0 saturated carbocycles. The van der Waals surface area contributed by atoms with Gasteiger partial charge in [-0.25, -0.2) is 0 Å². The molecule has 1 rings (SSSR count). The lowest BCUT2D eigenvalue weighted by atomic mass is 10.0. The minimum atomic E-state index is 0.503. The predicted molar refractivity (Wildman–Crippen MR) is 71.1 cm³/mol. The Labute approximate surface area is 98.9 Å². The Hall–Kier alpha value is -1.25. The molecule has 1 atom stereocenters. The number of anilines is 2. The molecule has 0 aliphatic heterocycles. The van der Waals surface area contributed by atoms with Gasteiger partial charge in [0.25, 0.3) is 0 Å². The van der Waals surface area contributed by atoms with Gasteiger partial charge in [0, 0.05) is 26.3 Å². The Morgan fingerprint density at radius 3 is 2.56 bits per heavy atom. The standard InChI is InChI=1S/C13H23N3/c1-6-11(10(2)3)15-12-9-14-8-7-13(12)16(4)5/h7-11,15H,6H2,1-5H3. The van der Waals surface area contributed by atoms with Gasteiger partial charge in [-0.15, -0.1) is 0 Å². The van der Waals surface area contributed by atoms with Crippen LogP contribution in [0.4, 0.5) is 11.4 Å². The van der Waals surface area contributed by atoms with Crippen LogP contribution in [0.5, 0.6) is 0 Å². The highest BCUT2D eigenvalue weighted by molar-refractivity contribution is 5.68. The van der Waals surface area contributed by atoms with Crippen molar-refractivity contribution in [2.24, 2.45) is 5.92 Å². The third-order valence-corrected chi connectivity index (χ3v) is 2.87. The van der Waals surface area contributed by atoms with E-state index in [4.69, 9.17) is 0 Å². The van der Waals surface area contributed by atoms with Crippen molar-refractivity contribution in [3.05, 3.63) is 18.5 Å². The van der Waals surface area contributed by atoms with Crippen LogP contribution in [-0.2, 0) is 0 Å². The molecule has 1 heterocycles. The third kappa shape index (κ3) is 3.12. The first-order valence-corrected chi connectivity index (χ1v) is 5.94. The highest BCUT2D eigenvalue weighted by Gasteiger charge is 2.13. The van der Waals surface area contributed by atoms with E-state index in [0.29, 0.717) is 12.0 Å². The van der Waals surface area contributed by atoms with E-state index >= 15 is 0 Å². The van der Waals surface area contributed by atoms with E-state index in [-0.39, 0.29) is 0 Å². The van der Waals surface area contributed by atoms with Gasteiger partial charge in [0.2, 0.25) is 0 Å². The van der Waals surface area contributed by atoms with Gasteiger partial charge in [0.05, 0.1) is 17.6 Å². The van der Waals surface area contributed by atoms with Gasteiger partial charge >= 0.3 is 0 Å². The molecular formula is C13H23N3. The van der Waals surface area contributed by atoms with E-state index in [0.717, 1.165) is 12.1 Å². The number of aromatic nitrogens is 1. The van der Waals surface area contributed by atoms with Crippen molar-refractivity contribution in [2.45, 2.75) is 33.2 Å². The number of hydrogen-bond donors (Lipinski definition) is 1. The topological polar surface area (TPSA) is 28.2 Å². The van der Waals surface area contributed by atoms with Gasteiger partial charge in [-0.2, -0.15) is 0 Å². The van der Waals surface area contributed by atoms with Crippen LogP contribution < -0.4 is 10.2 Å². The molecule has 0 aliphatic carbocycles. The summed E-state index contributed by atoms with van der Waals surface area (Å²) in [4.78, 5) is 6.29. The molecule has 0 bridgehead atoms. The summed E-state index contributed by atoms with van der Waals surface area (Å²) in [6.07, 6.45) is 4.86. The molecular weight excluding hydrogens is 198 g/mol. The number of nitrogens with zero attached hydrogens (tertiary/aromatic N) is 2. The summed E-state index contributed by atoms with van der Waals surface area (Å²) >= 11 is 0. The molecule has 1 aromatic rings. The summed E-state index contributed by atoms with van der Waals surface area (Å²) < 4.78 is 0. The minimum Gasteiger partial charge on any atom is -0.379 e. The molecule has 0 aliphatic rings. The molecule has 0 amide bonds. The predicted octanol–water partition coefficient (Wildman–Crippen LogP) is 2.99. The molecule has 1 unspecified atom stereocenters. The Morgan fingerprint density at radius 1 is 1.38 bits per heavy atom. The monoisotopic (exact) mass is 221 g/mol. The molecule has 16 heavy (non-hydrogen) atoms. The van der Waals surface area contributed by atoms with E-state index in [1.54, 1.807) is 0 Å². The first kappa shape index (κ1) is 12.8. The van der Waals surface area contributed by atoms with Gasteiger partial charge in [-0.3, -0.25) is 4.98 Å². The molecule has 3 nitrogen and oxygen atoms in total. The smallest absolute Gasteiger partial charge is 0.0766 e. The zero-order valence-electron chi connectivity index (χ0n) is 11.0. The van der Waals surface area contributed by atoms with Gasteiger partial charge in [-0.05, 0) is 18.4 Å². The molecule has 0 radical (unpaired) electrons. The Kier molecular flexibility index (Phi) is 4.59. The zero-order chi connectivity index (χ0) is 12.1. The summed E-state index contributed by atoms with van der Waals surface area (Å²) in [6, 6.07) is 2.54. The lowest BCUT2D eigenvalue weighted by Gasteiger charge is -2.25. The molecule has 0 fully saturated rings. The van der Waals surface area contributed by atoms with Crippen molar-refractivity contribution < 1.29 is 0 Å². The van der Waals surface area contributed by atoms with Crippen molar-refractivity contribution in [1.82, 2.24) is 4.98 Å². The lowest BCUT2D eigenvalue weighted by Crippen LogP contribution is -2.26. The molecule has 90 valence electrons. The molecule has 0 aromatic carbocycles. The fourth-order valence-electron chi connectivity index (χ4n) is 1.83. The largest absolute Gasteiger partial charge is 0.379 e. The second-order valence-corrected chi connectivity index (χ2v) is 4.69. The first-order valence-electron chi connectivity index (χ1n) is 5.94. The maximum atomic E-state index is 4.19. The number of nitrogens with one attached hydrogen (secondary N) is 1. The molecule has 0 spiro atoms. The third-order valence-electron chi connectivity index (χ3n) is 2.87. The zero-order valence-corrected chi connectivity index (χ0v) is 11.0. The van der Waals surface area contributed by atoms with Crippen molar-refractivity contribution >= 4 is 11.4 Å². The van der Waals surface area contributed by atoms with Crippen LogP contribution in [0.1, 0.15) is 27.2 Å². The molecule has 3 heteroatoms. The summed E-state index contributed by atoms with van der Waals surface area (Å²) in [5, 5.41) is 3.57. The quantitative estimate of drug-likeness (QED) is 0.828. The van der Waals surface area contributed by atoms with Gasteiger partial charge in [0.15, 0.2) is 0 Å². The van der Waals surface area contributed by atoms with E-state index in [1.165, 1.54) is 5.69 Å². The number of hydrogen-bond acceptors (Lipinski definition) is 3. The summed E-state index contributed by atoms with van der Waals surface area (Å²) in [5.41, 5.74) is 2.31. The van der Waals surface area contributed by atoms with Crippen LogP contribution in [0.2, 0.25) is 0 Å². The Bertz CT molecular complexity index is 321. The molecule has 0 saturated heterocycles. The minimum absolute atomic E-state index is 0.503. The highest BCUT2D eigenvalue weighted by atomic mass is 15.1. The van der Waals surface area contributed by atoms with Gasteiger partial charge in [0.1, 0.15) is 0 Å².